The third kappa shape index (κ3) is 4.25. The van der Waals surface area contributed by atoms with E-state index in [9.17, 15) is 0 Å². The van der Waals surface area contributed by atoms with Crippen molar-refractivity contribution >= 4 is 5.69 Å². The minimum absolute atomic E-state index is 0.204. The number of nitriles is 1. The molecule has 1 aliphatic heterocycles. The quantitative estimate of drug-likeness (QED) is 0.863. The van der Waals surface area contributed by atoms with Gasteiger partial charge in [0.1, 0.15) is 0 Å². The van der Waals surface area contributed by atoms with Crippen LogP contribution in [0, 0.1) is 16.7 Å². The summed E-state index contributed by atoms with van der Waals surface area (Å²) in [6.07, 6.45) is 2.81. The van der Waals surface area contributed by atoms with Crippen molar-refractivity contribution in [1.82, 2.24) is 5.32 Å². The molecule has 1 atom stereocenters. The summed E-state index contributed by atoms with van der Waals surface area (Å²) in [7, 11) is 0. The van der Waals surface area contributed by atoms with Crippen molar-refractivity contribution in [2.75, 3.05) is 24.5 Å². The molecule has 1 aromatic rings. The van der Waals surface area contributed by atoms with Crippen LogP contribution in [0.3, 0.4) is 0 Å². The molecular formula is C17H25N3. The third-order valence-electron chi connectivity index (χ3n) is 4.09. The summed E-state index contributed by atoms with van der Waals surface area (Å²) in [6, 6.07) is 13.4. The van der Waals surface area contributed by atoms with E-state index in [0.717, 1.165) is 26.1 Å². The van der Waals surface area contributed by atoms with Crippen molar-refractivity contribution in [2.24, 2.45) is 5.41 Å². The lowest BCUT2D eigenvalue weighted by atomic mass is 9.88. The highest BCUT2D eigenvalue weighted by Crippen LogP contribution is 2.23. The van der Waals surface area contributed by atoms with E-state index < -0.39 is 0 Å². The maximum Gasteiger partial charge on any atom is 0.0621 e. The van der Waals surface area contributed by atoms with Crippen LogP contribution in [0.4, 0.5) is 5.69 Å². The van der Waals surface area contributed by atoms with Gasteiger partial charge in [-0.2, -0.15) is 5.26 Å². The Morgan fingerprint density at radius 2 is 2.10 bits per heavy atom. The lowest BCUT2D eigenvalue weighted by Gasteiger charge is -2.26. The van der Waals surface area contributed by atoms with E-state index in [2.05, 4.69) is 60.5 Å². The number of hydrogen-bond acceptors (Lipinski definition) is 3. The molecule has 1 N–H and O–H groups in total. The van der Waals surface area contributed by atoms with Gasteiger partial charge in [-0.05, 0) is 30.4 Å². The summed E-state index contributed by atoms with van der Waals surface area (Å²) in [6.45, 7) is 7.67. The summed E-state index contributed by atoms with van der Waals surface area (Å²) in [5.41, 5.74) is 1.52. The molecule has 0 aromatic heterocycles. The van der Waals surface area contributed by atoms with E-state index in [4.69, 9.17) is 5.26 Å². The molecule has 0 unspecified atom stereocenters. The molecule has 1 aliphatic rings. The van der Waals surface area contributed by atoms with E-state index in [-0.39, 0.29) is 5.41 Å². The molecule has 0 bridgehead atoms. The van der Waals surface area contributed by atoms with E-state index in [1.807, 2.05) is 0 Å². The standard InChI is InChI=1S/C17H25N3/c1-17(2,10-6-11-18)14-19-15-9-12-20(13-15)16-7-4-3-5-8-16/h3-5,7-8,15,19H,6,9-10,12-14H2,1-2H3/t15-/m0/s1. The maximum atomic E-state index is 8.69. The fraction of sp³-hybridized carbons (Fsp3) is 0.588. The fourth-order valence-electron chi connectivity index (χ4n) is 2.70. The Bertz CT molecular complexity index is 447. The molecule has 1 saturated heterocycles. The van der Waals surface area contributed by atoms with E-state index in [1.54, 1.807) is 0 Å². The zero-order valence-corrected chi connectivity index (χ0v) is 12.6. The smallest absolute Gasteiger partial charge is 0.0621 e. The van der Waals surface area contributed by atoms with Gasteiger partial charge in [0.2, 0.25) is 0 Å². The van der Waals surface area contributed by atoms with Gasteiger partial charge in [-0.1, -0.05) is 32.0 Å². The largest absolute Gasteiger partial charge is 0.370 e. The van der Waals surface area contributed by atoms with Crippen molar-refractivity contribution in [3.63, 3.8) is 0 Å². The van der Waals surface area contributed by atoms with Gasteiger partial charge in [-0.25, -0.2) is 0 Å². The van der Waals surface area contributed by atoms with Gasteiger partial charge in [-0.15, -0.1) is 0 Å². The molecule has 0 saturated carbocycles. The molecule has 1 aromatic carbocycles. The fourth-order valence-corrected chi connectivity index (χ4v) is 2.70. The van der Waals surface area contributed by atoms with Crippen LogP contribution in [-0.2, 0) is 0 Å². The van der Waals surface area contributed by atoms with E-state index in [0.29, 0.717) is 12.5 Å². The summed E-state index contributed by atoms with van der Waals surface area (Å²) in [5, 5.41) is 12.4. The van der Waals surface area contributed by atoms with Gasteiger partial charge in [-0.3, -0.25) is 0 Å². The Hall–Kier alpha value is -1.53. The average Bonchev–Trinajstić information content (AvgIpc) is 2.93. The molecule has 0 amide bonds. The average molecular weight is 271 g/mol. The van der Waals surface area contributed by atoms with Crippen LogP contribution in [0.2, 0.25) is 0 Å². The highest BCUT2D eigenvalue weighted by Gasteiger charge is 2.25. The summed E-state index contributed by atoms with van der Waals surface area (Å²) < 4.78 is 0. The van der Waals surface area contributed by atoms with Crippen molar-refractivity contribution in [1.29, 1.82) is 5.26 Å². The van der Waals surface area contributed by atoms with Crippen LogP contribution in [0.5, 0.6) is 0 Å². The first-order chi connectivity index (χ1) is 9.61. The Morgan fingerprint density at radius 1 is 1.35 bits per heavy atom. The van der Waals surface area contributed by atoms with Gasteiger partial charge in [0.15, 0.2) is 0 Å². The number of para-hydroxylation sites is 1. The maximum absolute atomic E-state index is 8.69. The Morgan fingerprint density at radius 3 is 2.80 bits per heavy atom. The molecule has 0 spiro atoms. The van der Waals surface area contributed by atoms with Gasteiger partial charge in [0.05, 0.1) is 6.07 Å². The molecule has 108 valence electrons. The van der Waals surface area contributed by atoms with Crippen LogP contribution >= 0.6 is 0 Å². The molecule has 0 radical (unpaired) electrons. The van der Waals surface area contributed by atoms with Crippen LogP contribution in [0.1, 0.15) is 33.1 Å². The number of benzene rings is 1. The number of nitrogens with one attached hydrogen (secondary N) is 1. The van der Waals surface area contributed by atoms with Crippen LogP contribution < -0.4 is 10.2 Å². The first kappa shape index (κ1) is 14.9. The minimum atomic E-state index is 0.204. The van der Waals surface area contributed by atoms with Gasteiger partial charge >= 0.3 is 0 Å². The topological polar surface area (TPSA) is 39.1 Å². The lowest BCUT2D eigenvalue weighted by molar-refractivity contribution is 0.303. The normalized spacial score (nSPS) is 19.1. The Labute approximate surface area is 122 Å². The van der Waals surface area contributed by atoms with Crippen molar-refractivity contribution in [3.05, 3.63) is 30.3 Å². The Kier molecular flexibility index (Phi) is 5.03. The highest BCUT2D eigenvalue weighted by atomic mass is 15.2. The summed E-state index contributed by atoms with van der Waals surface area (Å²) in [5.74, 6) is 0. The van der Waals surface area contributed by atoms with Gasteiger partial charge in [0, 0.05) is 37.8 Å². The summed E-state index contributed by atoms with van der Waals surface area (Å²) in [4.78, 5) is 2.44. The third-order valence-corrected chi connectivity index (χ3v) is 4.09. The second kappa shape index (κ2) is 6.76. The van der Waals surface area contributed by atoms with Crippen molar-refractivity contribution in [3.8, 4) is 6.07 Å². The number of rotatable bonds is 6. The highest BCUT2D eigenvalue weighted by molar-refractivity contribution is 5.47. The number of hydrogen-bond donors (Lipinski definition) is 1. The first-order valence-corrected chi connectivity index (χ1v) is 7.51. The SMILES string of the molecule is CC(C)(CCC#N)CN[C@H]1CCN(c2ccccc2)C1. The van der Waals surface area contributed by atoms with Crippen LogP contribution in [-0.4, -0.2) is 25.7 Å². The molecular weight excluding hydrogens is 246 g/mol. The van der Waals surface area contributed by atoms with E-state index >= 15 is 0 Å². The first-order valence-electron chi connectivity index (χ1n) is 7.51. The molecule has 0 aliphatic carbocycles. The number of nitrogens with zero attached hydrogens (tertiary/aromatic N) is 2. The molecule has 3 heteroatoms. The van der Waals surface area contributed by atoms with Crippen LogP contribution in [0.15, 0.2) is 30.3 Å². The molecule has 1 fully saturated rings. The predicted octanol–water partition coefficient (Wildman–Crippen LogP) is 3.18. The zero-order chi connectivity index (χ0) is 14.4. The second-order valence-electron chi connectivity index (χ2n) is 6.47. The Balaban J connectivity index is 1.78. The van der Waals surface area contributed by atoms with Crippen molar-refractivity contribution in [2.45, 2.75) is 39.2 Å². The zero-order valence-electron chi connectivity index (χ0n) is 12.6. The molecule has 20 heavy (non-hydrogen) atoms. The van der Waals surface area contributed by atoms with E-state index in [1.165, 1.54) is 12.1 Å². The second-order valence-corrected chi connectivity index (χ2v) is 6.47. The van der Waals surface area contributed by atoms with Gasteiger partial charge < -0.3 is 10.2 Å². The lowest BCUT2D eigenvalue weighted by Crippen LogP contribution is -2.38. The number of anilines is 1. The minimum Gasteiger partial charge on any atom is -0.370 e. The molecule has 2 rings (SSSR count). The monoisotopic (exact) mass is 271 g/mol. The van der Waals surface area contributed by atoms with Gasteiger partial charge in [0.25, 0.3) is 0 Å². The summed E-state index contributed by atoms with van der Waals surface area (Å²) >= 11 is 0. The predicted molar refractivity (Wildman–Crippen MR) is 83.7 cm³/mol. The van der Waals surface area contributed by atoms with Crippen molar-refractivity contribution < 1.29 is 0 Å². The molecule has 3 nitrogen and oxygen atoms in total. The molecule has 1 heterocycles. The van der Waals surface area contributed by atoms with Crippen LogP contribution in [0.25, 0.3) is 0 Å².